The van der Waals surface area contributed by atoms with E-state index >= 15 is 0 Å². The van der Waals surface area contributed by atoms with Gasteiger partial charge in [-0.1, -0.05) is 0 Å². The van der Waals surface area contributed by atoms with Crippen LogP contribution in [-0.2, 0) is 10.0 Å². The molecule has 1 aromatic carbocycles. The van der Waals surface area contributed by atoms with Crippen molar-refractivity contribution >= 4 is 15.8 Å². The predicted octanol–water partition coefficient (Wildman–Crippen LogP) is 1.80. The Morgan fingerprint density at radius 1 is 1.04 bits per heavy atom. The van der Waals surface area contributed by atoms with Gasteiger partial charge in [0.1, 0.15) is 23.8 Å². The van der Waals surface area contributed by atoms with Crippen LogP contribution in [0.15, 0.2) is 66.1 Å². The number of halogens is 1. The molecule has 7 nitrogen and oxygen atoms in total. The van der Waals surface area contributed by atoms with Gasteiger partial charge in [0.2, 0.25) is 10.0 Å². The molecule has 0 fully saturated rings. The number of nitrogens with one attached hydrogen (secondary N) is 2. The molecule has 3 aromatic rings. The Labute approximate surface area is 144 Å². The molecule has 0 aliphatic rings. The van der Waals surface area contributed by atoms with E-state index < -0.39 is 15.8 Å². The van der Waals surface area contributed by atoms with Crippen molar-refractivity contribution in [2.24, 2.45) is 0 Å². The topological polar surface area (TPSA) is 88.9 Å². The molecule has 0 aliphatic carbocycles. The Morgan fingerprint density at radius 2 is 1.76 bits per heavy atom. The third kappa shape index (κ3) is 4.40. The van der Waals surface area contributed by atoms with Crippen LogP contribution in [0, 0.1) is 5.82 Å². The Balaban J connectivity index is 1.55. The molecule has 0 spiro atoms. The van der Waals surface area contributed by atoms with Crippen LogP contribution >= 0.6 is 0 Å². The minimum Gasteiger partial charge on any atom is -0.369 e. The highest BCUT2D eigenvalue weighted by Gasteiger charge is 2.12. The average molecular weight is 361 g/mol. The second-order valence-electron chi connectivity index (χ2n) is 5.13. The normalized spacial score (nSPS) is 11.4. The van der Waals surface area contributed by atoms with Gasteiger partial charge in [-0.2, -0.15) is 0 Å². The lowest BCUT2D eigenvalue weighted by atomic mass is 10.4. The Morgan fingerprint density at radius 3 is 2.48 bits per heavy atom. The first-order valence-electron chi connectivity index (χ1n) is 7.49. The second-order valence-corrected chi connectivity index (χ2v) is 6.90. The van der Waals surface area contributed by atoms with E-state index in [0.717, 1.165) is 12.1 Å². The van der Waals surface area contributed by atoms with Gasteiger partial charge in [-0.15, -0.1) is 0 Å². The quantitative estimate of drug-likeness (QED) is 0.627. The molecular weight excluding hydrogens is 345 g/mol. The van der Waals surface area contributed by atoms with E-state index in [-0.39, 0.29) is 11.4 Å². The molecule has 0 radical (unpaired) electrons. The van der Waals surface area contributed by atoms with Crippen LogP contribution < -0.4 is 10.0 Å². The summed E-state index contributed by atoms with van der Waals surface area (Å²) in [4.78, 5) is 8.28. The molecule has 0 aliphatic heterocycles. The molecule has 0 unspecified atom stereocenters. The Kier molecular flexibility index (Phi) is 5.05. The zero-order valence-electron chi connectivity index (χ0n) is 13.1. The summed E-state index contributed by atoms with van der Waals surface area (Å²) >= 11 is 0. The predicted molar refractivity (Wildman–Crippen MR) is 91.4 cm³/mol. The lowest BCUT2D eigenvalue weighted by Gasteiger charge is -2.09. The van der Waals surface area contributed by atoms with Gasteiger partial charge in [0.25, 0.3) is 0 Å². The molecule has 2 N–H and O–H groups in total. The van der Waals surface area contributed by atoms with E-state index in [9.17, 15) is 12.8 Å². The summed E-state index contributed by atoms with van der Waals surface area (Å²) in [6.45, 7) is 0.491. The summed E-state index contributed by atoms with van der Waals surface area (Å²) in [5, 5.41) is 3.03. The minimum absolute atomic E-state index is 0.0193. The standard InChI is InChI=1S/C16H16FN5O2S/c17-13-3-5-14(6-4-13)25(23,24)21-8-7-18-15-11-16(20-12-19-15)22-9-1-2-10-22/h1-6,9-12,21H,7-8H2,(H,18,19,20). The smallest absolute Gasteiger partial charge is 0.240 e. The molecule has 25 heavy (non-hydrogen) atoms. The van der Waals surface area contributed by atoms with E-state index in [1.807, 2.05) is 29.1 Å². The summed E-state index contributed by atoms with van der Waals surface area (Å²) in [6, 6.07) is 10.2. The van der Waals surface area contributed by atoms with Gasteiger partial charge >= 0.3 is 0 Å². The van der Waals surface area contributed by atoms with E-state index in [1.165, 1.54) is 18.5 Å². The lowest BCUT2D eigenvalue weighted by molar-refractivity contribution is 0.582. The molecule has 130 valence electrons. The molecule has 9 heteroatoms. The fraction of sp³-hybridized carbons (Fsp3) is 0.125. The zero-order chi connectivity index (χ0) is 17.7. The van der Waals surface area contributed by atoms with Crippen LogP contribution in [0.5, 0.6) is 0 Å². The Bertz CT molecular complexity index is 927. The summed E-state index contributed by atoms with van der Waals surface area (Å²) in [7, 11) is -3.67. The summed E-state index contributed by atoms with van der Waals surface area (Å²) in [6.07, 6.45) is 5.16. The van der Waals surface area contributed by atoms with Gasteiger partial charge < -0.3 is 9.88 Å². The molecule has 3 rings (SSSR count). The van der Waals surface area contributed by atoms with Crippen molar-refractivity contribution in [1.29, 1.82) is 0 Å². The van der Waals surface area contributed by atoms with Gasteiger partial charge in [-0.25, -0.2) is 27.5 Å². The van der Waals surface area contributed by atoms with Gasteiger partial charge in [0.05, 0.1) is 4.90 Å². The van der Waals surface area contributed by atoms with Crippen LogP contribution in [0.25, 0.3) is 5.82 Å². The average Bonchev–Trinajstić information content (AvgIpc) is 3.14. The van der Waals surface area contributed by atoms with Crippen molar-refractivity contribution in [3.8, 4) is 5.82 Å². The number of aromatic nitrogens is 3. The SMILES string of the molecule is O=S(=O)(NCCNc1cc(-n2cccc2)ncn1)c1ccc(F)cc1. The van der Waals surface area contributed by atoms with Crippen molar-refractivity contribution in [2.75, 3.05) is 18.4 Å². The highest BCUT2D eigenvalue weighted by atomic mass is 32.2. The number of anilines is 1. The number of sulfonamides is 1. The highest BCUT2D eigenvalue weighted by Crippen LogP contribution is 2.10. The maximum absolute atomic E-state index is 12.9. The lowest BCUT2D eigenvalue weighted by Crippen LogP contribution is -2.29. The number of hydrogen-bond acceptors (Lipinski definition) is 5. The van der Waals surface area contributed by atoms with Gasteiger partial charge in [-0.3, -0.25) is 0 Å². The molecule has 2 aromatic heterocycles. The van der Waals surface area contributed by atoms with Crippen molar-refractivity contribution < 1.29 is 12.8 Å². The van der Waals surface area contributed by atoms with Crippen LogP contribution in [0.2, 0.25) is 0 Å². The Hall–Kier alpha value is -2.78. The number of rotatable bonds is 7. The van der Waals surface area contributed by atoms with Crippen molar-refractivity contribution in [1.82, 2.24) is 19.3 Å². The maximum Gasteiger partial charge on any atom is 0.240 e. The van der Waals surface area contributed by atoms with E-state index in [4.69, 9.17) is 0 Å². The summed E-state index contributed by atoms with van der Waals surface area (Å²) in [5.41, 5.74) is 0. The number of nitrogens with zero attached hydrogens (tertiary/aromatic N) is 3. The van der Waals surface area contributed by atoms with Gasteiger partial charge in [0.15, 0.2) is 0 Å². The van der Waals surface area contributed by atoms with Crippen molar-refractivity contribution in [3.63, 3.8) is 0 Å². The number of hydrogen-bond donors (Lipinski definition) is 2. The first kappa shape index (κ1) is 17.1. The first-order valence-corrected chi connectivity index (χ1v) is 8.97. The molecule has 2 heterocycles. The van der Waals surface area contributed by atoms with Gasteiger partial charge in [0, 0.05) is 31.5 Å². The number of benzene rings is 1. The molecular formula is C16H16FN5O2S. The third-order valence-corrected chi connectivity index (χ3v) is 4.85. The molecule has 0 saturated heterocycles. The maximum atomic E-state index is 12.9. The van der Waals surface area contributed by atoms with Crippen LogP contribution in [0.3, 0.4) is 0 Å². The summed E-state index contributed by atoms with van der Waals surface area (Å²) < 4.78 is 41.3. The fourth-order valence-corrected chi connectivity index (χ4v) is 3.18. The third-order valence-electron chi connectivity index (χ3n) is 3.37. The van der Waals surface area contributed by atoms with Crippen LogP contribution in [0.4, 0.5) is 10.2 Å². The van der Waals surface area contributed by atoms with Crippen LogP contribution in [-0.4, -0.2) is 36.0 Å². The molecule has 0 atom stereocenters. The largest absolute Gasteiger partial charge is 0.369 e. The van der Waals surface area contributed by atoms with Crippen molar-refractivity contribution in [3.05, 3.63) is 67.0 Å². The first-order chi connectivity index (χ1) is 12.0. The fourth-order valence-electron chi connectivity index (χ4n) is 2.15. The van der Waals surface area contributed by atoms with Crippen LogP contribution in [0.1, 0.15) is 0 Å². The monoisotopic (exact) mass is 361 g/mol. The second kappa shape index (κ2) is 7.41. The summed E-state index contributed by atoms with van der Waals surface area (Å²) in [5.74, 6) is 0.803. The minimum atomic E-state index is -3.67. The van der Waals surface area contributed by atoms with E-state index in [0.29, 0.717) is 18.2 Å². The molecule has 0 saturated carbocycles. The van der Waals surface area contributed by atoms with E-state index in [1.54, 1.807) is 6.07 Å². The molecule has 0 bridgehead atoms. The molecule has 0 amide bonds. The highest BCUT2D eigenvalue weighted by molar-refractivity contribution is 7.89. The van der Waals surface area contributed by atoms with Gasteiger partial charge in [-0.05, 0) is 36.4 Å². The van der Waals surface area contributed by atoms with E-state index in [2.05, 4.69) is 20.0 Å². The zero-order valence-corrected chi connectivity index (χ0v) is 13.9. The van der Waals surface area contributed by atoms with Crippen molar-refractivity contribution in [2.45, 2.75) is 4.90 Å².